The fourth-order valence-corrected chi connectivity index (χ4v) is 4.96. The lowest BCUT2D eigenvalue weighted by atomic mass is 10.0. The van der Waals surface area contributed by atoms with Crippen LogP contribution in [0.2, 0.25) is 5.02 Å². The Morgan fingerprint density at radius 3 is 2.50 bits per heavy atom. The van der Waals surface area contributed by atoms with Crippen LogP contribution in [0.4, 0.5) is 11.4 Å². The highest BCUT2D eigenvalue weighted by molar-refractivity contribution is 7.86. The molecule has 0 N–H and O–H groups in total. The minimum Gasteiger partial charge on any atom is -0.493 e. The van der Waals surface area contributed by atoms with E-state index in [2.05, 4.69) is 15.9 Å². The maximum Gasteiger partial charge on any atom is 0.285 e. The fourth-order valence-electron chi connectivity index (χ4n) is 4.34. The standard InChI is InChI=1S/C24H30ClN3O5S/c1-34(30,31)33-28-22-8-5-9-23(21(22)10-11-24(28)29)32-17-3-2-12-26-13-15-27(16-14-26)20-7-4-6-19(25)18-20/h4-9,18H,2-3,10-17H2,1H3. The van der Waals surface area contributed by atoms with Crippen LogP contribution in [-0.2, 0) is 25.6 Å². The first-order valence-electron chi connectivity index (χ1n) is 11.5. The molecule has 0 spiro atoms. The van der Waals surface area contributed by atoms with Gasteiger partial charge in [-0.1, -0.05) is 23.7 Å². The lowest BCUT2D eigenvalue weighted by molar-refractivity contribution is -0.123. The number of benzene rings is 2. The van der Waals surface area contributed by atoms with Crippen molar-refractivity contribution in [2.24, 2.45) is 0 Å². The molecule has 0 bridgehead atoms. The van der Waals surface area contributed by atoms with E-state index in [9.17, 15) is 13.2 Å². The number of hydrogen-bond acceptors (Lipinski definition) is 7. The van der Waals surface area contributed by atoms with Crippen LogP contribution in [-0.4, -0.2) is 64.8 Å². The van der Waals surface area contributed by atoms with E-state index in [4.69, 9.17) is 20.6 Å². The number of amides is 1. The summed E-state index contributed by atoms with van der Waals surface area (Å²) in [6, 6.07) is 13.3. The molecule has 2 heterocycles. The van der Waals surface area contributed by atoms with Gasteiger partial charge in [-0.05, 0) is 56.1 Å². The molecule has 2 aromatic rings. The van der Waals surface area contributed by atoms with Crippen LogP contribution < -0.4 is 14.7 Å². The molecule has 0 unspecified atom stereocenters. The van der Waals surface area contributed by atoms with E-state index in [-0.39, 0.29) is 12.3 Å². The molecular weight excluding hydrogens is 478 g/mol. The van der Waals surface area contributed by atoms with Gasteiger partial charge in [0.25, 0.3) is 16.0 Å². The van der Waals surface area contributed by atoms with Gasteiger partial charge >= 0.3 is 0 Å². The molecule has 0 atom stereocenters. The molecule has 2 aliphatic heterocycles. The average molecular weight is 508 g/mol. The number of anilines is 2. The molecular formula is C24H30ClN3O5S. The van der Waals surface area contributed by atoms with Gasteiger partial charge in [-0.3, -0.25) is 9.69 Å². The largest absolute Gasteiger partial charge is 0.493 e. The van der Waals surface area contributed by atoms with Crippen LogP contribution in [0.3, 0.4) is 0 Å². The quantitative estimate of drug-likeness (QED) is 0.481. The van der Waals surface area contributed by atoms with Gasteiger partial charge < -0.3 is 9.64 Å². The van der Waals surface area contributed by atoms with Crippen LogP contribution in [0, 0.1) is 0 Å². The van der Waals surface area contributed by atoms with Crippen molar-refractivity contribution in [2.75, 3.05) is 55.5 Å². The summed E-state index contributed by atoms with van der Waals surface area (Å²) < 4.78 is 34.0. The van der Waals surface area contributed by atoms with Crippen LogP contribution >= 0.6 is 11.6 Å². The Balaban J connectivity index is 1.23. The van der Waals surface area contributed by atoms with Crippen molar-refractivity contribution in [3.05, 3.63) is 53.1 Å². The molecule has 8 nitrogen and oxygen atoms in total. The van der Waals surface area contributed by atoms with E-state index in [1.165, 1.54) is 5.69 Å². The fraction of sp³-hybridized carbons (Fsp3) is 0.458. The topological polar surface area (TPSA) is 79.4 Å². The summed E-state index contributed by atoms with van der Waals surface area (Å²) in [4.78, 5) is 17.0. The van der Waals surface area contributed by atoms with Crippen molar-refractivity contribution in [2.45, 2.75) is 25.7 Å². The van der Waals surface area contributed by atoms with Gasteiger partial charge in [0, 0.05) is 48.9 Å². The average Bonchev–Trinajstić information content (AvgIpc) is 2.80. The van der Waals surface area contributed by atoms with E-state index >= 15 is 0 Å². The number of carbonyl (C=O) groups is 1. The van der Waals surface area contributed by atoms with E-state index < -0.39 is 10.1 Å². The Morgan fingerprint density at radius 1 is 1.00 bits per heavy atom. The van der Waals surface area contributed by atoms with Crippen molar-refractivity contribution >= 4 is 39.0 Å². The number of rotatable bonds is 9. The molecule has 1 amide bonds. The van der Waals surface area contributed by atoms with Gasteiger partial charge in [0.1, 0.15) is 5.75 Å². The number of unbranched alkanes of at least 4 members (excludes halogenated alkanes) is 1. The molecule has 1 saturated heterocycles. The zero-order valence-electron chi connectivity index (χ0n) is 19.3. The summed E-state index contributed by atoms with van der Waals surface area (Å²) in [5.74, 6) is 0.285. The number of hydroxylamine groups is 1. The third kappa shape index (κ3) is 6.41. The monoisotopic (exact) mass is 507 g/mol. The predicted octanol–water partition coefficient (Wildman–Crippen LogP) is 3.49. The molecule has 0 saturated carbocycles. The minimum atomic E-state index is -3.82. The van der Waals surface area contributed by atoms with E-state index in [1.54, 1.807) is 12.1 Å². The number of hydrogen-bond donors (Lipinski definition) is 0. The smallest absolute Gasteiger partial charge is 0.285 e. The number of carbonyl (C=O) groups excluding carboxylic acids is 1. The maximum atomic E-state index is 12.2. The van der Waals surface area contributed by atoms with Gasteiger partial charge in [-0.15, -0.1) is 4.28 Å². The molecule has 1 fully saturated rings. The number of ether oxygens (including phenoxy) is 1. The summed E-state index contributed by atoms with van der Waals surface area (Å²) in [7, 11) is -3.82. The normalized spacial score (nSPS) is 17.1. The minimum absolute atomic E-state index is 0.171. The maximum absolute atomic E-state index is 12.2. The van der Waals surface area contributed by atoms with E-state index in [1.807, 2.05) is 24.3 Å². The van der Waals surface area contributed by atoms with Crippen molar-refractivity contribution in [3.8, 4) is 5.75 Å². The van der Waals surface area contributed by atoms with Crippen LogP contribution in [0.15, 0.2) is 42.5 Å². The molecule has 2 aliphatic rings. The molecule has 2 aromatic carbocycles. The highest BCUT2D eigenvalue weighted by atomic mass is 35.5. The first-order chi connectivity index (χ1) is 16.3. The Kier molecular flexibility index (Phi) is 7.98. The Labute approximate surface area is 206 Å². The van der Waals surface area contributed by atoms with Crippen molar-refractivity contribution in [1.82, 2.24) is 4.90 Å². The van der Waals surface area contributed by atoms with E-state index in [0.717, 1.165) is 67.5 Å². The summed E-state index contributed by atoms with van der Waals surface area (Å²) in [5.41, 5.74) is 2.40. The number of fused-ring (bicyclic) bond motifs is 1. The lowest BCUT2D eigenvalue weighted by Gasteiger charge is -2.36. The number of nitrogens with zero attached hydrogens (tertiary/aromatic N) is 3. The second-order valence-corrected chi connectivity index (χ2v) is 10.6. The van der Waals surface area contributed by atoms with Gasteiger partial charge in [0.05, 0.1) is 18.6 Å². The van der Waals surface area contributed by atoms with Crippen molar-refractivity contribution < 1.29 is 22.2 Å². The summed E-state index contributed by atoms with van der Waals surface area (Å²) >= 11 is 6.12. The molecule has 0 radical (unpaired) electrons. The second kappa shape index (κ2) is 10.9. The molecule has 10 heteroatoms. The Morgan fingerprint density at radius 2 is 1.76 bits per heavy atom. The first kappa shape index (κ1) is 24.8. The molecule has 34 heavy (non-hydrogen) atoms. The summed E-state index contributed by atoms with van der Waals surface area (Å²) in [6.45, 7) is 5.58. The zero-order valence-corrected chi connectivity index (χ0v) is 20.9. The van der Waals surface area contributed by atoms with Gasteiger partial charge in [0.15, 0.2) is 0 Å². The Bertz CT molecular complexity index is 1120. The second-order valence-electron chi connectivity index (χ2n) is 8.58. The molecule has 184 valence electrons. The first-order valence-corrected chi connectivity index (χ1v) is 13.7. The highest BCUT2D eigenvalue weighted by Gasteiger charge is 2.30. The summed E-state index contributed by atoms with van der Waals surface area (Å²) in [6.07, 6.45) is 3.51. The lowest BCUT2D eigenvalue weighted by Crippen LogP contribution is -2.46. The third-order valence-electron chi connectivity index (χ3n) is 6.02. The van der Waals surface area contributed by atoms with E-state index in [0.29, 0.717) is 24.5 Å². The SMILES string of the molecule is CS(=O)(=O)ON1C(=O)CCc2c(OCCCCN3CCN(c4cccc(Cl)c4)CC3)cccc21. The molecule has 4 rings (SSSR count). The number of piperazine rings is 1. The summed E-state index contributed by atoms with van der Waals surface area (Å²) in [5, 5.41) is 1.63. The van der Waals surface area contributed by atoms with Gasteiger partial charge in [-0.25, -0.2) is 0 Å². The zero-order chi connectivity index (χ0) is 24.1. The van der Waals surface area contributed by atoms with Crippen LogP contribution in [0.1, 0.15) is 24.8 Å². The molecule has 0 aliphatic carbocycles. The van der Waals surface area contributed by atoms with Gasteiger partial charge in [-0.2, -0.15) is 13.5 Å². The van der Waals surface area contributed by atoms with Gasteiger partial charge in [0.2, 0.25) is 0 Å². The third-order valence-corrected chi connectivity index (χ3v) is 6.68. The highest BCUT2D eigenvalue weighted by Crippen LogP contribution is 2.35. The van der Waals surface area contributed by atoms with Crippen LogP contribution in [0.5, 0.6) is 5.75 Å². The number of halogens is 1. The van der Waals surface area contributed by atoms with Crippen molar-refractivity contribution in [1.29, 1.82) is 0 Å². The van der Waals surface area contributed by atoms with Crippen LogP contribution in [0.25, 0.3) is 0 Å². The molecule has 0 aromatic heterocycles. The van der Waals surface area contributed by atoms with Crippen molar-refractivity contribution in [3.63, 3.8) is 0 Å². The Hall–Kier alpha value is -2.33. The predicted molar refractivity (Wildman–Crippen MR) is 133 cm³/mol.